The van der Waals surface area contributed by atoms with Gasteiger partial charge in [0.15, 0.2) is 0 Å². The van der Waals surface area contributed by atoms with Crippen molar-refractivity contribution in [3.05, 3.63) is 48.0 Å². The van der Waals surface area contributed by atoms with Crippen molar-refractivity contribution < 1.29 is 31.1 Å². The van der Waals surface area contributed by atoms with Gasteiger partial charge in [-0.3, -0.25) is 4.31 Å². The average Bonchev–Trinajstić information content (AvgIpc) is 2.59. The lowest BCUT2D eigenvalue weighted by Crippen LogP contribution is -2.35. The van der Waals surface area contributed by atoms with E-state index in [1.54, 1.807) is 18.2 Å². The van der Waals surface area contributed by atoms with Crippen molar-refractivity contribution in [1.29, 1.82) is 0 Å². The van der Waals surface area contributed by atoms with Crippen LogP contribution in [0.1, 0.15) is 12.0 Å². The summed E-state index contributed by atoms with van der Waals surface area (Å²) in [5.74, 6) is 0.0362. The molecule has 0 bridgehead atoms. The van der Waals surface area contributed by atoms with Gasteiger partial charge in [-0.1, -0.05) is 6.07 Å². The highest BCUT2D eigenvalue weighted by Crippen LogP contribution is 2.35. The summed E-state index contributed by atoms with van der Waals surface area (Å²) in [4.78, 5) is -0.261. The second-order valence-corrected chi connectivity index (χ2v) is 7.56. The molecule has 1 heterocycles. The highest BCUT2D eigenvalue weighted by molar-refractivity contribution is 7.92. The van der Waals surface area contributed by atoms with Crippen LogP contribution in [-0.2, 0) is 16.4 Å². The number of hydrogen-bond donors (Lipinski definition) is 0. The monoisotopic (exact) mass is 387 g/mol. The van der Waals surface area contributed by atoms with Gasteiger partial charge in [0.2, 0.25) is 0 Å². The highest BCUT2D eigenvalue weighted by atomic mass is 32.2. The van der Waals surface area contributed by atoms with Crippen molar-refractivity contribution in [1.82, 2.24) is 0 Å². The highest BCUT2D eigenvalue weighted by Gasteiger charge is 2.33. The molecule has 0 spiro atoms. The van der Waals surface area contributed by atoms with Gasteiger partial charge in [0.25, 0.3) is 10.0 Å². The number of aryl methyl sites for hydroxylation is 1. The second kappa shape index (κ2) is 6.71. The first kappa shape index (κ1) is 18.4. The first-order chi connectivity index (χ1) is 12.2. The number of anilines is 1. The maximum absolute atomic E-state index is 13.0. The first-order valence-corrected chi connectivity index (χ1v) is 9.20. The van der Waals surface area contributed by atoms with E-state index < -0.39 is 22.1 Å². The van der Waals surface area contributed by atoms with E-state index in [2.05, 4.69) is 4.74 Å². The Bertz CT molecular complexity index is 912. The molecule has 1 aliphatic rings. The van der Waals surface area contributed by atoms with E-state index in [0.717, 1.165) is 17.7 Å². The minimum atomic E-state index is -4.89. The number of fused-ring (bicyclic) bond motifs is 1. The van der Waals surface area contributed by atoms with Gasteiger partial charge in [-0.25, -0.2) is 8.42 Å². The molecule has 5 nitrogen and oxygen atoms in total. The molecule has 1 aliphatic heterocycles. The molecule has 3 rings (SSSR count). The molecule has 26 heavy (non-hydrogen) atoms. The lowest BCUT2D eigenvalue weighted by Gasteiger charge is -2.30. The summed E-state index contributed by atoms with van der Waals surface area (Å²) in [5.41, 5.74) is 1.31. The van der Waals surface area contributed by atoms with Crippen molar-refractivity contribution in [2.24, 2.45) is 0 Å². The molecule has 0 aliphatic carbocycles. The maximum Gasteiger partial charge on any atom is 0.573 e. The maximum atomic E-state index is 13.0. The van der Waals surface area contributed by atoms with Crippen molar-refractivity contribution in [2.45, 2.75) is 24.1 Å². The SMILES string of the molecule is COc1ccc2c(c1)CCCN2S(=O)(=O)c1cccc(OC(F)(F)F)c1. The zero-order chi connectivity index (χ0) is 18.9. The minimum absolute atomic E-state index is 0.242. The molecule has 2 aromatic rings. The summed E-state index contributed by atoms with van der Waals surface area (Å²) in [6.07, 6.45) is -3.61. The summed E-state index contributed by atoms with van der Waals surface area (Å²) in [6.45, 7) is 0.242. The second-order valence-electron chi connectivity index (χ2n) is 5.70. The van der Waals surface area contributed by atoms with Crippen LogP contribution in [0.4, 0.5) is 18.9 Å². The van der Waals surface area contributed by atoms with Crippen LogP contribution in [0.2, 0.25) is 0 Å². The summed E-state index contributed by atoms with van der Waals surface area (Å²) in [5, 5.41) is 0. The molecule has 9 heteroatoms. The number of ether oxygens (including phenoxy) is 2. The van der Waals surface area contributed by atoms with Gasteiger partial charge in [-0.05, 0) is 48.7 Å². The van der Waals surface area contributed by atoms with Crippen molar-refractivity contribution >= 4 is 15.7 Å². The molecule has 0 atom stereocenters. The fourth-order valence-electron chi connectivity index (χ4n) is 2.87. The summed E-state index contributed by atoms with van der Waals surface area (Å²) in [6, 6.07) is 9.45. The molecule has 0 saturated heterocycles. The molecule has 0 radical (unpaired) electrons. The number of halogens is 3. The van der Waals surface area contributed by atoms with E-state index in [9.17, 15) is 21.6 Å². The largest absolute Gasteiger partial charge is 0.573 e. The Hall–Kier alpha value is -2.42. The zero-order valence-electron chi connectivity index (χ0n) is 13.8. The van der Waals surface area contributed by atoms with Crippen molar-refractivity contribution in [2.75, 3.05) is 18.0 Å². The Morgan fingerprint density at radius 2 is 1.85 bits per heavy atom. The summed E-state index contributed by atoms with van der Waals surface area (Å²) in [7, 11) is -2.51. The van der Waals surface area contributed by atoms with Gasteiger partial charge in [0, 0.05) is 12.6 Å². The van der Waals surface area contributed by atoms with E-state index in [0.29, 0.717) is 24.3 Å². The minimum Gasteiger partial charge on any atom is -0.497 e. The van der Waals surface area contributed by atoms with Crippen molar-refractivity contribution in [3.8, 4) is 11.5 Å². The standard InChI is InChI=1S/C17H16F3NO4S/c1-24-13-7-8-16-12(10-13)4-3-9-21(16)26(22,23)15-6-2-5-14(11-15)25-17(18,19)20/h2,5-8,10-11H,3-4,9H2,1H3. The third-order valence-corrected chi connectivity index (χ3v) is 5.80. The number of sulfonamides is 1. The topological polar surface area (TPSA) is 55.8 Å². The molecule has 0 fully saturated rings. The zero-order valence-corrected chi connectivity index (χ0v) is 14.6. The molecule has 0 unspecified atom stereocenters. The number of hydrogen-bond acceptors (Lipinski definition) is 4. The number of methoxy groups -OCH3 is 1. The number of alkyl halides is 3. The fourth-order valence-corrected chi connectivity index (χ4v) is 4.45. The molecule has 0 aromatic heterocycles. The van der Waals surface area contributed by atoms with Crippen LogP contribution in [0.25, 0.3) is 0 Å². The van der Waals surface area contributed by atoms with E-state index in [1.165, 1.54) is 23.5 Å². The fraction of sp³-hybridized carbons (Fsp3) is 0.294. The number of nitrogens with zero attached hydrogens (tertiary/aromatic N) is 1. The van der Waals surface area contributed by atoms with Gasteiger partial charge in [-0.2, -0.15) is 0 Å². The quantitative estimate of drug-likeness (QED) is 0.802. The van der Waals surface area contributed by atoms with E-state index in [-0.39, 0.29) is 11.4 Å². The Labute approximate surface area is 149 Å². The van der Waals surface area contributed by atoms with Crippen molar-refractivity contribution in [3.63, 3.8) is 0 Å². The Morgan fingerprint density at radius 1 is 1.08 bits per heavy atom. The Balaban J connectivity index is 1.99. The smallest absolute Gasteiger partial charge is 0.497 e. The molecule has 140 valence electrons. The molecule has 0 amide bonds. The predicted molar refractivity (Wildman–Crippen MR) is 89.0 cm³/mol. The molecule has 0 N–H and O–H groups in total. The van der Waals surface area contributed by atoms with Crippen LogP contribution in [0.3, 0.4) is 0 Å². The predicted octanol–water partition coefficient (Wildman–Crippen LogP) is 3.74. The Morgan fingerprint density at radius 3 is 2.54 bits per heavy atom. The van der Waals surface area contributed by atoms with E-state index in [4.69, 9.17) is 4.74 Å². The molecular formula is C17H16F3NO4S. The molecule has 0 saturated carbocycles. The third-order valence-electron chi connectivity index (χ3n) is 3.99. The van der Waals surface area contributed by atoms with Gasteiger partial charge in [-0.15, -0.1) is 13.2 Å². The Kier molecular flexibility index (Phi) is 4.74. The number of rotatable bonds is 4. The van der Waals surface area contributed by atoms with Crippen LogP contribution in [0.5, 0.6) is 11.5 Å². The number of benzene rings is 2. The van der Waals surface area contributed by atoms with E-state index >= 15 is 0 Å². The van der Waals surface area contributed by atoms with Gasteiger partial charge >= 0.3 is 6.36 Å². The molecular weight excluding hydrogens is 371 g/mol. The first-order valence-electron chi connectivity index (χ1n) is 7.76. The summed E-state index contributed by atoms with van der Waals surface area (Å²) >= 11 is 0. The normalized spacial score (nSPS) is 14.7. The lowest BCUT2D eigenvalue weighted by atomic mass is 10.0. The van der Waals surface area contributed by atoms with E-state index in [1.807, 2.05) is 0 Å². The lowest BCUT2D eigenvalue weighted by molar-refractivity contribution is -0.274. The van der Waals surface area contributed by atoms with Crippen LogP contribution in [0.15, 0.2) is 47.4 Å². The van der Waals surface area contributed by atoms with Gasteiger partial charge < -0.3 is 9.47 Å². The van der Waals surface area contributed by atoms with Crippen LogP contribution >= 0.6 is 0 Å². The molecule has 2 aromatic carbocycles. The summed E-state index contributed by atoms with van der Waals surface area (Å²) < 4.78 is 73.3. The van der Waals surface area contributed by atoms with Gasteiger partial charge in [0.05, 0.1) is 17.7 Å². The van der Waals surface area contributed by atoms with Crippen LogP contribution in [0, 0.1) is 0 Å². The van der Waals surface area contributed by atoms with Crippen LogP contribution in [-0.4, -0.2) is 28.4 Å². The van der Waals surface area contributed by atoms with Crippen LogP contribution < -0.4 is 13.8 Å². The van der Waals surface area contributed by atoms with Gasteiger partial charge in [0.1, 0.15) is 11.5 Å². The average molecular weight is 387 g/mol. The third kappa shape index (κ3) is 3.72.